The van der Waals surface area contributed by atoms with Crippen LogP contribution in [0.25, 0.3) is 11.0 Å². The molecule has 1 amide bonds. The molecule has 4 rings (SSSR count). The van der Waals surface area contributed by atoms with Gasteiger partial charge in [0, 0.05) is 12.1 Å². The second-order valence-corrected chi connectivity index (χ2v) is 6.85. The van der Waals surface area contributed by atoms with Crippen molar-refractivity contribution in [2.75, 3.05) is 11.4 Å². The molecule has 0 bridgehead atoms. The Morgan fingerprint density at radius 1 is 1.19 bits per heavy atom. The number of para-hydroxylation sites is 1. The molecule has 0 saturated carbocycles. The highest BCUT2D eigenvalue weighted by Gasteiger charge is 2.42. The highest BCUT2D eigenvalue weighted by atomic mass is 19.4. The summed E-state index contributed by atoms with van der Waals surface area (Å²) in [5.74, 6) is -3.91. The Balaban J connectivity index is 1.65. The number of H-pyrrole nitrogens is 1. The number of carbonyl (C=O) groups excluding carboxylic acids is 3. The zero-order valence-corrected chi connectivity index (χ0v) is 15.8. The number of rotatable bonds is 3. The third-order valence-corrected chi connectivity index (χ3v) is 4.89. The van der Waals surface area contributed by atoms with Crippen LogP contribution >= 0.6 is 0 Å². The Kier molecular flexibility index (Phi) is 4.97. The van der Waals surface area contributed by atoms with Crippen LogP contribution in [0, 0.1) is 0 Å². The molecule has 0 spiro atoms. The van der Waals surface area contributed by atoms with E-state index in [0.717, 1.165) is 11.3 Å². The number of nitrogens with zero attached hydrogens (tertiary/aromatic N) is 2. The van der Waals surface area contributed by atoms with E-state index >= 15 is 0 Å². The number of hydrogen-bond donors (Lipinski definition) is 2. The van der Waals surface area contributed by atoms with Crippen molar-refractivity contribution in [1.82, 2.24) is 9.97 Å². The van der Waals surface area contributed by atoms with Gasteiger partial charge in [0.2, 0.25) is 5.91 Å². The highest BCUT2D eigenvalue weighted by Crippen LogP contribution is 2.39. The van der Waals surface area contributed by atoms with Gasteiger partial charge in [-0.05, 0) is 29.8 Å². The van der Waals surface area contributed by atoms with Crippen LogP contribution < -0.4 is 10.6 Å². The van der Waals surface area contributed by atoms with Crippen molar-refractivity contribution in [2.45, 2.75) is 18.6 Å². The molecule has 3 N–H and O–H groups in total. The van der Waals surface area contributed by atoms with E-state index in [9.17, 15) is 27.6 Å². The topological polar surface area (TPSA) is 118 Å². The number of benzene rings is 2. The standard InChI is InChI=1S/C20H15F3N4O4/c21-20(22,23)19(30)31-18(29)11-5-6-12-13(7-11)26-17(25-12)15-8-10-3-1-2-4-14(10)27(15)16(28)9-24/h1-7,15H,8-9,24H2,(H,25,26). The molecule has 1 unspecified atom stereocenters. The molecular weight excluding hydrogens is 417 g/mol. The highest BCUT2D eigenvalue weighted by molar-refractivity contribution is 6.00. The van der Waals surface area contributed by atoms with Gasteiger partial charge in [0.05, 0.1) is 29.2 Å². The number of anilines is 1. The number of nitrogens with one attached hydrogen (secondary N) is 1. The maximum Gasteiger partial charge on any atom is 0.491 e. The number of hydrogen-bond acceptors (Lipinski definition) is 6. The number of nitrogens with two attached hydrogens (primary N) is 1. The van der Waals surface area contributed by atoms with Gasteiger partial charge in [-0.25, -0.2) is 14.6 Å². The number of carbonyl (C=O) groups is 3. The lowest BCUT2D eigenvalue weighted by atomic mass is 10.1. The molecule has 160 valence electrons. The van der Waals surface area contributed by atoms with E-state index in [1.165, 1.54) is 18.2 Å². The average Bonchev–Trinajstić information content (AvgIpc) is 3.33. The Morgan fingerprint density at radius 3 is 2.65 bits per heavy atom. The van der Waals surface area contributed by atoms with Crippen molar-refractivity contribution >= 4 is 34.6 Å². The van der Waals surface area contributed by atoms with Crippen molar-refractivity contribution in [2.24, 2.45) is 5.73 Å². The largest absolute Gasteiger partial charge is 0.491 e. The van der Waals surface area contributed by atoms with Gasteiger partial charge in [-0.15, -0.1) is 0 Å². The minimum Gasteiger partial charge on any atom is -0.383 e. The molecular formula is C20H15F3N4O4. The fraction of sp³-hybridized carbons (Fsp3) is 0.200. The van der Waals surface area contributed by atoms with E-state index in [1.807, 2.05) is 12.1 Å². The number of imidazole rings is 1. The summed E-state index contributed by atoms with van der Waals surface area (Å²) in [5, 5.41) is 0. The van der Waals surface area contributed by atoms with Crippen LogP contribution in [0.4, 0.5) is 18.9 Å². The summed E-state index contributed by atoms with van der Waals surface area (Å²) in [6.07, 6.45) is -4.80. The average molecular weight is 432 g/mol. The monoisotopic (exact) mass is 432 g/mol. The van der Waals surface area contributed by atoms with Crippen molar-refractivity contribution in [3.63, 3.8) is 0 Å². The molecule has 0 aliphatic carbocycles. The lowest BCUT2D eigenvalue weighted by molar-refractivity contribution is -0.193. The number of aromatic nitrogens is 2. The number of alkyl halides is 3. The lowest BCUT2D eigenvalue weighted by Gasteiger charge is -2.23. The number of ether oxygens (including phenoxy) is 1. The summed E-state index contributed by atoms with van der Waals surface area (Å²) in [4.78, 5) is 44.3. The summed E-state index contributed by atoms with van der Waals surface area (Å²) in [5.41, 5.74) is 7.72. The molecule has 1 aliphatic heterocycles. The molecule has 2 heterocycles. The van der Waals surface area contributed by atoms with E-state index in [-0.39, 0.29) is 18.0 Å². The Hall–Kier alpha value is -3.73. The third kappa shape index (κ3) is 3.75. The number of fused-ring (bicyclic) bond motifs is 2. The molecule has 0 radical (unpaired) electrons. The molecule has 1 atom stereocenters. The predicted molar refractivity (Wildman–Crippen MR) is 102 cm³/mol. The molecule has 2 aromatic carbocycles. The SMILES string of the molecule is NCC(=O)N1c2ccccc2CC1c1nc2ccc(C(=O)OC(=O)C(F)(F)F)cc2[nH]1. The zero-order valence-electron chi connectivity index (χ0n) is 15.8. The van der Waals surface area contributed by atoms with E-state index in [4.69, 9.17) is 5.73 Å². The molecule has 0 saturated heterocycles. The molecule has 3 aromatic rings. The van der Waals surface area contributed by atoms with Gasteiger partial charge in [0.1, 0.15) is 5.82 Å². The van der Waals surface area contributed by atoms with Gasteiger partial charge in [-0.2, -0.15) is 13.2 Å². The summed E-state index contributed by atoms with van der Waals surface area (Å²) < 4.78 is 40.8. The van der Waals surface area contributed by atoms with Crippen LogP contribution in [0.15, 0.2) is 42.5 Å². The second kappa shape index (κ2) is 7.51. The minimum absolute atomic E-state index is 0.200. The van der Waals surface area contributed by atoms with Gasteiger partial charge in [0.25, 0.3) is 0 Å². The van der Waals surface area contributed by atoms with Crippen LogP contribution in [0.2, 0.25) is 0 Å². The number of amides is 1. The number of aromatic amines is 1. The van der Waals surface area contributed by atoms with E-state index < -0.39 is 24.2 Å². The van der Waals surface area contributed by atoms with E-state index in [2.05, 4.69) is 14.7 Å². The smallest absolute Gasteiger partial charge is 0.383 e. The van der Waals surface area contributed by atoms with E-state index in [1.54, 1.807) is 17.0 Å². The van der Waals surface area contributed by atoms with Crippen LogP contribution in [-0.2, 0) is 20.7 Å². The third-order valence-electron chi connectivity index (χ3n) is 4.89. The second-order valence-electron chi connectivity index (χ2n) is 6.85. The summed E-state index contributed by atoms with van der Waals surface area (Å²) in [7, 11) is 0. The van der Waals surface area contributed by atoms with Crippen molar-refractivity contribution in [3.8, 4) is 0 Å². The quantitative estimate of drug-likeness (QED) is 0.485. The van der Waals surface area contributed by atoms with Crippen LogP contribution in [-0.4, -0.2) is 40.5 Å². The summed E-state index contributed by atoms with van der Waals surface area (Å²) in [6.45, 7) is -0.200. The first-order chi connectivity index (χ1) is 14.7. The van der Waals surface area contributed by atoms with Crippen LogP contribution in [0.1, 0.15) is 27.8 Å². The van der Waals surface area contributed by atoms with Gasteiger partial charge in [-0.1, -0.05) is 18.2 Å². The van der Waals surface area contributed by atoms with Crippen molar-refractivity contribution in [3.05, 3.63) is 59.4 Å². The van der Waals surface area contributed by atoms with Gasteiger partial charge >= 0.3 is 18.1 Å². The van der Waals surface area contributed by atoms with Gasteiger partial charge in [-0.3, -0.25) is 4.79 Å². The summed E-state index contributed by atoms with van der Waals surface area (Å²) in [6, 6.07) is 10.7. The Labute approximate surface area is 172 Å². The zero-order chi connectivity index (χ0) is 22.3. The maximum atomic E-state index is 12.5. The van der Waals surface area contributed by atoms with Crippen molar-refractivity contribution < 1.29 is 32.3 Å². The Morgan fingerprint density at radius 2 is 1.94 bits per heavy atom. The molecule has 11 heteroatoms. The fourth-order valence-electron chi connectivity index (χ4n) is 3.53. The minimum atomic E-state index is -5.28. The fourth-order valence-corrected chi connectivity index (χ4v) is 3.53. The lowest BCUT2D eigenvalue weighted by Crippen LogP contribution is -2.37. The molecule has 0 fully saturated rings. The van der Waals surface area contributed by atoms with Crippen LogP contribution in [0.5, 0.6) is 0 Å². The van der Waals surface area contributed by atoms with E-state index in [0.29, 0.717) is 23.3 Å². The first-order valence-corrected chi connectivity index (χ1v) is 9.12. The van der Waals surface area contributed by atoms with Gasteiger partial charge < -0.3 is 20.4 Å². The predicted octanol–water partition coefficient (Wildman–Crippen LogP) is 2.40. The van der Waals surface area contributed by atoms with Crippen molar-refractivity contribution in [1.29, 1.82) is 0 Å². The molecule has 1 aliphatic rings. The Bertz CT molecular complexity index is 1200. The first-order valence-electron chi connectivity index (χ1n) is 9.12. The van der Waals surface area contributed by atoms with Crippen LogP contribution in [0.3, 0.4) is 0 Å². The molecule has 8 nitrogen and oxygen atoms in total. The summed E-state index contributed by atoms with van der Waals surface area (Å²) >= 11 is 0. The number of esters is 2. The molecule has 31 heavy (non-hydrogen) atoms. The normalized spacial score (nSPS) is 15.7. The van der Waals surface area contributed by atoms with Gasteiger partial charge in [0.15, 0.2) is 0 Å². The number of halogens is 3. The maximum absolute atomic E-state index is 12.5. The first kappa shape index (κ1) is 20.5. The molecule has 1 aromatic heterocycles.